The van der Waals surface area contributed by atoms with Gasteiger partial charge in [-0.3, -0.25) is 4.79 Å². The van der Waals surface area contributed by atoms with Crippen LogP contribution < -0.4 is 5.32 Å². The standard InChI is InChI=1S/C13H19N7O2/c1-13(2,15-12(21)8-19-5-4-14-17-19)11-7-20(18-16-11)10-3-6-22-9-10/h4-5,7,10H,3,6,8-9H2,1-2H3,(H,15,21)/t10-/m1/s1. The van der Waals surface area contributed by atoms with Crippen molar-refractivity contribution in [3.8, 4) is 0 Å². The molecule has 0 saturated carbocycles. The van der Waals surface area contributed by atoms with E-state index in [0.717, 1.165) is 13.0 Å². The first-order valence-corrected chi connectivity index (χ1v) is 7.20. The first-order chi connectivity index (χ1) is 10.5. The number of rotatable bonds is 5. The molecule has 1 saturated heterocycles. The third-order valence-electron chi connectivity index (χ3n) is 3.66. The van der Waals surface area contributed by atoms with E-state index in [1.807, 2.05) is 24.7 Å². The molecule has 1 aliphatic rings. The van der Waals surface area contributed by atoms with Crippen LogP contribution in [-0.2, 0) is 21.6 Å². The van der Waals surface area contributed by atoms with Gasteiger partial charge >= 0.3 is 0 Å². The first-order valence-electron chi connectivity index (χ1n) is 7.20. The molecule has 0 bridgehead atoms. The van der Waals surface area contributed by atoms with E-state index >= 15 is 0 Å². The molecule has 1 fully saturated rings. The van der Waals surface area contributed by atoms with Crippen molar-refractivity contribution in [2.24, 2.45) is 0 Å². The van der Waals surface area contributed by atoms with Crippen molar-refractivity contribution in [3.63, 3.8) is 0 Å². The van der Waals surface area contributed by atoms with Crippen LogP contribution in [0.3, 0.4) is 0 Å². The van der Waals surface area contributed by atoms with Crippen molar-refractivity contribution in [2.75, 3.05) is 13.2 Å². The Bertz CT molecular complexity index is 629. The molecule has 9 nitrogen and oxygen atoms in total. The van der Waals surface area contributed by atoms with Crippen LogP contribution in [0.4, 0.5) is 0 Å². The predicted molar refractivity (Wildman–Crippen MR) is 75.7 cm³/mol. The summed E-state index contributed by atoms with van der Waals surface area (Å²) >= 11 is 0. The van der Waals surface area contributed by atoms with Gasteiger partial charge in [-0.15, -0.1) is 10.2 Å². The van der Waals surface area contributed by atoms with Crippen LogP contribution in [0.15, 0.2) is 18.6 Å². The van der Waals surface area contributed by atoms with E-state index < -0.39 is 5.54 Å². The lowest BCUT2D eigenvalue weighted by atomic mass is 10.0. The summed E-state index contributed by atoms with van der Waals surface area (Å²) in [4.78, 5) is 12.1. The van der Waals surface area contributed by atoms with E-state index in [9.17, 15) is 4.79 Å². The third-order valence-corrected chi connectivity index (χ3v) is 3.66. The Morgan fingerprint density at radius 2 is 2.36 bits per heavy atom. The van der Waals surface area contributed by atoms with Gasteiger partial charge in [0, 0.05) is 12.8 Å². The summed E-state index contributed by atoms with van der Waals surface area (Å²) in [6.07, 6.45) is 5.98. The van der Waals surface area contributed by atoms with E-state index in [-0.39, 0.29) is 18.5 Å². The first kappa shape index (κ1) is 14.6. The van der Waals surface area contributed by atoms with Crippen LogP contribution in [-0.4, -0.2) is 49.1 Å². The fourth-order valence-electron chi connectivity index (χ4n) is 2.39. The monoisotopic (exact) mass is 305 g/mol. The van der Waals surface area contributed by atoms with Gasteiger partial charge in [-0.1, -0.05) is 10.4 Å². The molecule has 0 radical (unpaired) electrons. The van der Waals surface area contributed by atoms with Crippen molar-refractivity contribution in [1.29, 1.82) is 0 Å². The molecule has 0 unspecified atom stereocenters. The minimum Gasteiger partial charge on any atom is -0.379 e. The zero-order chi connectivity index (χ0) is 15.6. The normalized spacial score (nSPS) is 18.5. The van der Waals surface area contributed by atoms with Gasteiger partial charge in [0.15, 0.2) is 0 Å². The molecule has 118 valence electrons. The quantitative estimate of drug-likeness (QED) is 0.827. The number of carbonyl (C=O) groups is 1. The van der Waals surface area contributed by atoms with E-state index in [1.165, 1.54) is 10.9 Å². The smallest absolute Gasteiger partial charge is 0.242 e. The van der Waals surface area contributed by atoms with Crippen LogP contribution in [0.25, 0.3) is 0 Å². The molecule has 0 aliphatic carbocycles. The lowest BCUT2D eigenvalue weighted by Gasteiger charge is -2.23. The Hall–Kier alpha value is -2.29. The number of amides is 1. The maximum atomic E-state index is 12.1. The molecular weight excluding hydrogens is 286 g/mol. The van der Waals surface area contributed by atoms with E-state index in [2.05, 4.69) is 25.9 Å². The summed E-state index contributed by atoms with van der Waals surface area (Å²) in [5, 5.41) is 18.7. The molecule has 1 N–H and O–H groups in total. The zero-order valence-electron chi connectivity index (χ0n) is 12.6. The maximum Gasteiger partial charge on any atom is 0.242 e. The van der Waals surface area contributed by atoms with Crippen LogP contribution in [0.2, 0.25) is 0 Å². The fraction of sp³-hybridized carbons (Fsp3) is 0.615. The second kappa shape index (κ2) is 5.84. The maximum absolute atomic E-state index is 12.1. The summed E-state index contributed by atoms with van der Waals surface area (Å²) < 4.78 is 8.64. The van der Waals surface area contributed by atoms with E-state index in [0.29, 0.717) is 12.3 Å². The Morgan fingerprint density at radius 1 is 1.50 bits per heavy atom. The Labute approximate surface area is 127 Å². The highest BCUT2D eigenvalue weighted by Gasteiger charge is 2.28. The van der Waals surface area contributed by atoms with Gasteiger partial charge in [0.1, 0.15) is 12.2 Å². The summed E-state index contributed by atoms with van der Waals surface area (Å²) in [5.74, 6) is -0.158. The summed E-state index contributed by atoms with van der Waals surface area (Å²) in [6.45, 7) is 5.31. The molecule has 2 aromatic rings. The van der Waals surface area contributed by atoms with Crippen molar-refractivity contribution in [1.82, 2.24) is 35.3 Å². The van der Waals surface area contributed by atoms with Crippen molar-refractivity contribution < 1.29 is 9.53 Å². The second-order valence-electron chi connectivity index (χ2n) is 5.88. The van der Waals surface area contributed by atoms with E-state index in [1.54, 1.807) is 6.20 Å². The molecule has 3 rings (SSSR count). The lowest BCUT2D eigenvalue weighted by molar-refractivity contribution is -0.123. The molecule has 2 aromatic heterocycles. The molecule has 0 spiro atoms. The summed E-state index contributed by atoms with van der Waals surface area (Å²) in [7, 11) is 0. The zero-order valence-corrected chi connectivity index (χ0v) is 12.6. The van der Waals surface area contributed by atoms with Gasteiger partial charge in [0.05, 0.1) is 30.6 Å². The SMILES string of the molecule is CC(C)(NC(=O)Cn1ccnn1)c1cn([C@@H]2CCOC2)nn1. The molecule has 22 heavy (non-hydrogen) atoms. The van der Waals surface area contributed by atoms with Crippen LogP contribution in [0.5, 0.6) is 0 Å². The summed E-state index contributed by atoms with van der Waals surface area (Å²) in [5.41, 5.74) is 0.0985. The van der Waals surface area contributed by atoms with Gasteiger partial charge in [-0.2, -0.15) is 0 Å². The van der Waals surface area contributed by atoms with E-state index in [4.69, 9.17) is 4.74 Å². The van der Waals surface area contributed by atoms with Gasteiger partial charge < -0.3 is 10.1 Å². The van der Waals surface area contributed by atoms with Gasteiger partial charge in [-0.25, -0.2) is 9.36 Å². The van der Waals surface area contributed by atoms with Gasteiger partial charge in [0.25, 0.3) is 0 Å². The van der Waals surface area contributed by atoms with Gasteiger partial charge in [-0.05, 0) is 20.3 Å². The topological polar surface area (TPSA) is 99.8 Å². The van der Waals surface area contributed by atoms with Crippen molar-refractivity contribution >= 4 is 5.91 Å². The number of hydrogen-bond donors (Lipinski definition) is 1. The third kappa shape index (κ3) is 3.14. The van der Waals surface area contributed by atoms with Crippen molar-refractivity contribution in [2.45, 2.75) is 38.4 Å². The highest BCUT2D eigenvalue weighted by Crippen LogP contribution is 2.22. The summed E-state index contributed by atoms with van der Waals surface area (Å²) in [6, 6.07) is 0.225. The second-order valence-corrected chi connectivity index (χ2v) is 5.88. The fourth-order valence-corrected chi connectivity index (χ4v) is 2.39. The van der Waals surface area contributed by atoms with Crippen LogP contribution in [0.1, 0.15) is 32.0 Å². The number of nitrogens with zero attached hydrogens (tertiary/aromatic N) is 6. The highest BCUT2D eigenvalue weighted by molar-refractivity contribution is 5.76. The molecule has 1 aliphatic heterocycles. The minimum absolute atomic E-state index is 0.119. The Morgan fingerprint density at radius 3 is 3.05 bits per heavy atom. The number of nitrogens with one attached hydrogen (secondary N) is 1. The lowest BCUT2D eigenvalue weighted by Crippen LogP contribution is -2.43. The van der Waals surface area contributed by atoms with Crippen molar-refractivity contribution in [3.05, 3.63) is 24.3 Å². The Kier molecular flexibility index (Phi) is 3.88. The number of ether oxygens (including phenoxy) is 1. The molecule has 0 aromatic carbocycles. The molecule has 9 heteroatoms. The molecule has 1 atom stereocenters. The number of hydrogen-bond acceptors (Lipinski definition) is 6. The largest absolute Gasteiger partial charge is 0.379 e. The highest BCUT2D eigenvalue weighted by atomic mass is 16.5. The average molecular weight is 305 g/mol. The molecule has 1 amide bonds. The molecule has 3 heterocycles. The number of carbonyl (C=O) groups excluding carboxylic acids is 1. The van der Waals surface area contributed by atoms with Gasteiger partial charge in [0.2, 0.25) is 5.91 Å². The van der Waals surface area contributed by atoms with Crippen LogP contribution >= 0.6 is 0 Å². The van der Waals surface area contributed by atoms with Crippen LogP contribution in [0, 0.1) is 0 Å². The molecular formula is C13H19N7O2. The minimum atomic E-state index is -0.616. The Balaban J connectivity index is 1.65. The predicted octanol–water partition coefficient (Wildman–Crippen LogP) is -0.118. The average Bonchev–Trinajstić information content (AvgIpc) is 3.20. The number of aromatic nitrogens is 6.